The van der Waals surface area contributed by atoms with Crippen molar-refractivity contribution in [2.45, 2.75) is 45.4 Å². The van der Waals surface area contributed by atoms with Crippen LogP contribution in [0.15, 0.2) is 18.2 Å². The summed E-state index contributed by atoms with van der Waals surface area (Å²) in [6.07, 6.45) is 1.73. The number of ether oxygens (including phenoxy) is 1. The molecule has 2 unspecified atom stereocenters. The van der Waals surface area contributed by atoms with E-state index in [2.05, 4.69) is 25.2 Å². The van der Waals surface area contributed by atoms with Gasteiger partial charge in [0.25, 0.3) is 0 Å². The zero-order valence-electron chi connectivity index (χ0n) is 11.7. The van der Waals surface area contributed by atoms with Gasteiger partial charge in [-0.3, -0.25) is 4.90 Å². The number of carbonyl (C=O) groups excluding carboxylic acids is 1. The summed E-state index contributed by atoms with van der Waals surface area (Å²) in [5.41, 5.74) is 1.70. The van der Waals surface area contributed by atoms with Gasteiger partial charge >= 0.3 is 6.03 Å². The summed E-state index contributed by atoms with van der Waals surface area (Å²) in [6.45, 7) is 6.86. The van der Waals surface area contributed by atoms with Crippen LogP contribution in [0.4, 0.5) is 4.79 Å². The SMILES string of the molecule is CCCN1C(=O)NC2CC1(C)Oc1c(C)cccc12. The number of aryl methyl sites for hydroxylation is 1. The van der Waals surface area contributed by atoms with Crippen molar-refractivity contribution in [1.29, 1.82) is 0 Å². The summed E-state index contributed by atoms with van der Waals surface area (Å²) >= 11 is 0. The maximum Gasteiger partial charge on any atom is 0.320 e. The maximum absolute atomic E-state index is 12.2. The van der Waals surface area contributed by atoms with Crippen LogP contribution in [0.5, 0.6) is 5.75 Å². The number of urea groups is 1. The van der Waals surface area contributed by atoms with E-state index in [-0.39, 0.29) is 12.1 Å². The molecular formula is C15H20N2O2. The number of nitrogens with one attached hydrogen (secondary N) is 1. The first-order valence-corrected chi connectivity index (χ1v) is 6.92. The molecule has 3 rings (SSSR count). The summed E-state index contributed by atoms with van der Waals surface area (Å²) in [6, 6.07) is 6.16. The fraction of sp³-hybridized carbons (Fsp3) is 0.533. The fourth-order valence-corrected chi connectivity index (χ4v) is 3.14. The third-order valence-corrected chi connectivity index (χ3v) is 4.08. The molecule has 2 aliphatic heterocycles. The molecule has 2 aliphatic rings. The Balaban J connectivity index is 2.06. The number of hydrogen-bond donors (Lipinski definition) is 1. The highest BCUT2D eigenvalue weighted by Crippen LogP contribution is 2.45. The Morgan fingerprint density at radius 1 is 1.53 bits per heavy atom. The molecule has 102 valence electrons. The second kappa shape index (κ2) is 4.15. The number of amides is 2. The van der Waals surface area contributed by atoms with Crippen molar-refractivity contribution in [2.24, 2.45) is 0 Å². The second-order valence-corrected chi connectivity index (χ2v) is 5.63. The number of hydrogen-bond acceptors (Lipinski definition) is 2. The quantitative estimate of drug-likeness (QED) is 0.888. The molecule has 0 spiro atoms. The topological polar surface area (TPSA) is 41.6 Å². The minimum atomic E-state index is -0.526. The van der Waals surface area contributed by atoms with Crippen molar-refractivity contribution >= 4 is 6.03 Å². The number of nitrogens with zero attached hydrogens (tertiary/aromatic N) is 1. The standard InChI is InChI=1S/C15H20N2O2/c1-4-8-17-14(18)16-12-9-15(17,3)19-13-10(2)6-5-7-11(12)13/h5-7,12H,4,8-9H2,1-3H3,(H,16,18). The third-order valence-electron chi connectivity index (χ3n) is 4.08. The molecule has 0 saturated carbocycles. The highest BCUT2D eigenvalue weighted by atomic mass is 16.5. The van der Waals surface area contributed by atoms with Crippen LogP contribution in [-0.2, 0) is 0 Å². The monoisotopic (exact) mass is 260 g/mol. The van der Waals surface area contributed by atoms with Gasteiger partial charge in [-0.2, -0.15) is 0 Å². The second-order valence-electron chi connectivity index (χ2n) is 5.63. The van der Waals surface area contributed by atoms with Crippen molar-refractivity contribution in [1.82, 2.24) is 10.2 Å². The minimum absolute atomic E-state index is 0.0206. The zero-order valence-corrected chi connectivity index (χ0v) is 11.7. The van der Waals surface area contributed by atoms with Crippen molar-refractivity contribution in [3.8, 4) is 5.75 Å². The van der Waals surface area contributed by atoms with E-state index >= 15 is 0 Å². The zero-order chi connectivity index (χ0) is 13.6. The first-order chi connectivity index (χ1) is 9.05. The van der Waals surface area contributed by atoms with Crippen molar-refractivity contribution in [3.05, 3.63) is 29.3 Å². The van der Waals surface area contributed by atoms with Gasteiger partial charge in [0.05, 0.1) is 6.04 Å². The average Bonchev–Trinajstić information content (AvgIpc) is 2.36. The molecule has 1 N–H and O–H groups in total. The molecule has 1 aromatic carbocycles. The molecule has 19 heavy (non-hydrogen) atoms. The number of benzene rings is 1. The molecule has 2 atom stereocenters. The summed E-state index contributed by atoms with van der Waals surface area (Å²) in [5.74, 6) is 0.933. The van der Waals surface area contributed by atoms with E-state index in [1.54, 1.807) is 0 Å². The highest BCUT2D eigenvalue weighted by Gasteiger charge is 2.48. The molecule has 4 nitrogen and oxygen atoms in total. The van der Waals surface area contributed by atoms with Crippen molar-refractivity contribution in [2.75, 3.05) is 6.54 Å². The molecule has 1 aromatic rings. The van der Waals surface area contributed by atoms with Gasteiger partial charge in [0.15, 0.2) is 5.72 Å². The molecule has 0 radical (unpaired) electrons. The Labute approximate surface area is 113 Å². The van der Waals surface area contributed by atoms with Gasteiger partial charge in [0, 0.05) is 18.5 Å². The smallest absolute Gasteiger partial charge is 0.320 e. The van der Waals surface area contributed by atoms with E-state index in [9.17, 15) is 4.79 Å². The van der Waals surface area contributed by atoms with Crippen LogP contribution in [0.25, 0.3) is 0 Å². The Morgan fingerprint density at radius 2 is 2.32 bits per heavy atom. The van der Waals surface area contributed by atoms with Gasteiger partial charge in [0.1, 0.15) is 5.75 Å². The van der Waals surface area contributed by atoms with Crippen LogP contribution in [0.2, 0.25) is 0 Å². The van der Waals surface area contributed by atoms with Crippen LogP contribution < -0.4 is 10.1 Å². The first kappa shape index (κ1) is 12.3. The van der Waals surface area contributed by atoms with E-state index < -0.39 is 5.72 Å². The fourth-order valence-electron chi connectivity index (χ4n) is 3.14. The summed E-state index contributed by atoms with van der Waals surface area (Å²) in [5, 5.41) is 3.10. The summed E-state index contributed by atoms with van der Waals surface area (Å²) in [7, 11) is 0. The van der Waals surface area contributed by atoms with Gasteiger partial charge in [-0.25, -0.2) is 4.79 Å². The lowest BCUT2D eigenvalue weighted by molar-refractivity contribution is -0.0840. The van der Waals surface area contributed by atoms with E-state index in [4.69, 9.17) is 4.74 Å². The molecular weight excluding hydrogens is 240 g/mol. The van der Waals surface area contributed by atoms with Gasteiger partial charge in [0.2, 0.25) is 0 Å². The molecule has 2 bridgehead atoms. The first-order valence-electron chi connectivity index (χ1n) is 6.92. The third kappa shape index (κ3) is 1.78. The number of para-hydroxylation sites is 1. The van der Waals surface area contributed by atoms with E-state index in [0.717, 1.165) is 36.3 Å². The van der Waals surface area contributed by atoms with Crippen LogP contribution in [-0.4, -0.2) is 23.2 Å². The maximum atomic E-state index is 12.2. The van der Waals surface area contributed by atoms with Crippen LogP contribution in [0.3, 0.4) is 0 Å². The molecule has 2 heterocycles. The highest BCUT2D eigenvalue weighted by molar-refractivity contribution is 5.77. The van der Waals surface area contributed by atoms with Gasteiger partial charge in [-0.05, 0) is 25.8 Å². The lowest BCUT2D eigenvalue weighted by Gasteiger charge is -2.51. The predicted octanol–water partition coefficient (Wildman–Crippen LogP) is 2.97. The van der Waals surface area contributed by atoms with E-state index in [1.807, 2.05) is 24.0 Å². The molecule has 0 aromatic heterocycles. The lowest BCUT2D eigenvalue weighted by atomic mass is 9.89. The predicted molar refractivity (Wildman–Crippen MR) is 73.1 cm³/mol. The van der Waals surface area contributed by atoms with Crippen LogP contribution in [0.1, 0.15) is 43.9 Å². The Morgan fingerprint density at radius 3 is 3.05 bits per heavy atom. The minimum Gasteiger partial charge on any atom is -0.467 e. The van der Waals surface area contributed by atoms with Gasteiger partial charge in [-0.1, -0.05) is 25.1 Å². The molecule has 1 saturated heterocycles. The Kier molecular flexibility index (Phi) is 2.69. The Hall–Kier alpha value is -1.71. The van der Waals surface area contributed by atoms with Crippen molar-refractivity contribution < 1.29 is 9.53 Å². The van der Waals surface area contributed by atoms with E-state index in [1.165, 1.54) is 0 Å². The lowest BCUT2D eigenvalue weighted by Crippen LogP contribution is -2.64. The largest absolute Gasteiger partial charge is 0.467 e. The van der Waals surface area contributed by atoms with Crippen LogP contribution in [0, 0.1) is 6.92 Å². The Bertz CT molecular complexity index is 529. The van der Waals surface area contributed by atoms with E-state index in [0.29, 0.717) is 0 Å². The summed E-state index contributed by atoms with van der Waals surface area (Å²) < 4.78 is 6.22. The number of fused-ring (bicyclic) bond motifs is 4. The molecule has 0 aliphatic carbocycles. The summed E-state index contributed by atoms with van der Waals surface area (Å²) in [4.78, 5) is 14.1. The van der Waals surface area contributed by atoms with Gasteiger partial charge in [-0.15, -0.1) is 0 Å². The molecule has 4 heteroatoms. The van der Waals surface area contributed by atoms with Crippen LogP contribution >= 0.6 is 0 Å². The van der Waals surface area contributed by atoms with Crippen molar-refractivity contribution in [3.63, 3.8) is 0 Å². The average molecular weight is 260 g/mol. The molecule has 1 fully saturated rings. The normalized spacial score (nSPS) is 28.5. The molecule has 2 amide bonds. The van der Waals surface area contributed by atoms with Gasteiger partial charge < -0.3 is 10.1 Å². The number of carbonyl (C=O) groups is 1. The number of rotatable bonds is 2.